The number of methoxy groups -OCH3 is 1. The van der Waals surface area contributed by atoms with E-state index in [2.05, 4.69) is 5.32 Å². The van der Waals surface area contributed by atoms with Gasteiger partial charge < -0.3 is 19.5 Å². The van der Waals surface area contributed by atoms with E-state index in [0.717, 1.165) is 16.9 Å². The Hall–Kier alpha value is -4.43. The molecule has 1 N–H and O–H groups in total. The van der Waals surface area contributed by atoms with Crippen LogP contribution in [0.3, 0.4) is 0 Å². The maximum absolute atomic E-state index is 12.8. The van der Waals surface area contributed by atoms with Crippen LogP contribution < -0.4 is 10.1 Å². The molecule has 1 amide bonds. The minimum Gasteiger partial charge on any atom is -0.465 e. The number of thiophene rings is 1. The average molecular weight is 502 g/mol. The van der Waals surface area contributed by atoms with Gasteiger partial charge in [-0.3, -0.25) is 4.79 Å². The minimum absolute atomic E-state index is 0.0723. The SMILES string of the molecule is COC(=O)c1c(COC(=O)c2ccccc2)csc1NC(=O)Cc1cccc(Oc2ccccc2)c1. The van der Waals surface area contributed by atoms with Crippen molar-refractivity contribution in [3.8, 4) is 11.5 Å². The van der Waals surface area contributed by atoms with Gasteiger partial charge >= 0.3 is 11.9 Å². The molecule has 182 valence electrons. The molecule has 0 bridgehead atoms. The fraction of sp³-hybridized carbons (Fsp3) is 0.107. The molecule has 0 atom stereocenters. The standard InChI is InChI=1S/C28H23NO6S/c1-33-28(32)25-21(17-34-27(31)20-10-4-2-5-11-20)18-36-26(25)29-24(30)16-19-9-8-14-23(15-19)35-22-12-6-3-7-13-22/h2-15,18H,16-17H2,1H3,(H,29,30). The summed E-state index contributed by atoms with van der Waals surface area (Å²) >= 11 is 1.16. The highest BCUT2D eigenvalue weighted by atomic mass is 32.1. The van der Waals surface area contributed by atoms with Crippen molar-refractivity contribution >= 4 is 34.2 Å². The number of rotatable bonds is 9. The summed E-state index contributed by atoms with van der Waals surface area (Å²) in [5, 5.41) is 4.77. The van der Waals surface area contributed by atoms with Crippen LogP contribution in [0, 0.1) is 0 Å². The van der Waals surface area contributed by atoms with Crippen molar-refractivity contribution in [2.75, 3.05) is 12.4 Å². The van der Waals surface area contributed by atoms with Crippen LogP contribution in [0.5, 0.6) is 11.5 Å². The van der Waals surface area contributed by atoms with Crippen LogP contribution in [0.4, 0.5) is 5.00 Å². The van der Waals surface area contributed by atoms with Crippen LogP contribution in [-0.2, 0) is 27.3 Å². The number of para-hydroxylation sites is 1. The van der Waals surface area contributed by atoms with Crippen molar-refractivity contribution in [1.29, 1.82) is 0 Å². The van der Waals surface area contributed by atoms with Crippen molar-refractivity contribution in [3.05, 3.63) is 113 Å². The number of carbonyl (C=O) groups excluding carboxylic acids is 3. The lowest BCUT2D eigenvalue weighted by molar-refractivity contribution is -0.115. The van der Waals surface area contributed by atoms with Crippen molar-refractivity contribution < 1.29 is 28.6 Å². The molecule has 0 saturated carbocycles. The highest BCUT2D eigenvalue weighted by Gasteiger charge is 2.22. The zero-order valence-corrected chi connectivity index (χ0v) is 20.2. The maximum Gasteiger partial charge on any atom is 0.341 e. The molecule has 0 aliphatic heterocycles. The summed E-state index contributed by atoms with van der Waals surface area (Å²) in [7, 11) is 1.25. The molecule has 0 fully saturated rings. The summed E-state index contributed by atoms with van der Waals surface area (Å²) in [6.07, 6.45) is 0.0723. The third-order valence-corrected chi connectivity index (χ3v) is 6.06. The minimum atomic E-state index is -0.629. The fourth-order valence-electron chi connectivity index (χ4n) is 3.42. The van der Waals surface area contributed by atoms with E-state index in [1.165, 1.54) is 7.11 Å². The molecule has 0 spiro atoms. The van der Waals surface area contributed by atoms with Crippen molar-refractivity contribution in [2.24, 2.45) is 0 Å². The van der Waals surface area contributed by atoms with Crippen LogP contribution >= 0.6 is 11.3 Å². The molecule has 7 nitrogen and oxygen atoms in total. The summed E-state index contributed by atoms with van der Waals surface area (Å²) in [6, 6.07) is 25.1. The molecular formula is C28H23NO6S. The van der Waals surface area contributed by atoms with Gasteiger partial charge in [-0.25, -0.2) is 9.59 Å². The molecule has 0 unspecified atom stereocenters. The zero-order chi connectivity index (χ0) is 25.3. The van der Waals surface area contributed by atoms with Crippen molar-refractivity contribution in [2.45, 2.75) is 13.0 Å². The van der Waals surface area contributed by atoms with Gasteiger partial charge in [-0.05, 0) is 42.0 Å². The molecule has 8 heteroatoms. The molecule has 0 saturated heterocycles. The first kappa shape index (κ1) is 24.7. The normalized spacial score (nSPS) is 10.4. The van der Waals surface area contributed by atoms with E-state index in [4.69, 9.17) is 14.2 Å². The highest BCUT2D eigenvalue weighted by molar-refractivity contribution is 7.15. The van der Waals surface area contributed by atoms with E-state index in [0.29, 0.717) is 27.6 Å². The van der Waals surface area contributed by atoms with Gasteiger partial charge in [0.25, 0.3) is 0 Å². The molecule has 0 aliphatic rings. The molecule has 1 heterocycles. The second kappa shape index (κ2) is 11.8. The van der Waals surface area contributed by atoms with Crippen molar-refractivity contribution in [1.82, 2.24) is 0 Å². The highest BCUT2D eigenvalue weighted by Crippen LogP contribution is 2.30. The lowest BCUT2D eigenvalue weighted by atomic mass is 10.1. The number of esters is 2. The Balaban J connectivity index is 1.43. The van der Waals surface area contributed by atoms with Gasteiger partial charge in [0.1, 0.15) is 28.7 Å². The fourth-order valence-corrected chi connectivity index (χ4v) is 4.37. The molecule has 4 rings (SSSR count). The summed E-state index contributed by atoms with van der Waals surface area (Å²) in [6.45, 7) is -0.136. The van der Waals surface area contributed by atoms with E-state index >= 15 is 0 Å². The van der Waals surface area contributed by atoms with E-state index in [9.17, 15) is 14.4 Å². The Morgan fingerprint density at radius 2 is 1.53 bits per heavy atom. The first-order valence-electron chi connectivity index (χ1n) is 11.1. The third kappa shape index (κ3) is 6.37. The average Bonchev–Trinajstić information content (AvgIpc) is 3.30. The smallest absolute Gasteiger partial charge is 0.341 e. The number of hydrogen-bond acceptors (Lipinski definition) is 7. The summed E-state index contributed by atoms with van der Waals surface area (Å²) in [4.78, 5) is 37.5. The topological polar surface area (TPSA) is 90.9 Å². The first-order valence-corrected chi connectivity index (χ1v) is 11.9. The lowest BCUT2D eigenvalue weighted by Crippen LogP contribution is -2.17. The monoisotopic (exact) mass is 501 g/mol. The Kier molecular flexibility index (Phi) is 8.10. The summed E-state index contributed by atoms with van der Waals surface area (Å²) < 4.78 is 16.1. The summed E-state index contributed by atoms with van der Waals surface area (Å²) in [5.41, 5.74) is 1.76. The van der Waals surface area contributed by atoms with E-state index in [-0.39, 0.29) is 24.5 Å². The number of amides is 1. The van der Waals surface area contributed by atoms with E-state index in [1.54, 1.807) is 41.8 Å². The number of hydrogen-bond donors (Lipinski definition) is 1. The Morgan fingerprint density at radius 1 is 0.833 bits per heavy atom. The molecule has 1 aromatic heterocycles. The van der Waals surface area contributed by atoms with Crippen LogP contribution in [0.2, 0.25) is 0 Å². The number of nitrogens with one attached hydrogen (secondary N) is 1. The van der Waals surface area contributed by atoms with Gasteiger partial charge in [0.15, 0.2) is 0 Å². The van der Waals surface area contributed by atoms with Crippen LogP contribution in [-0.4, -0.2) is 25.0 Å². The molecule has 36 heavy (non-hydrogen) atoms. The van der Waals surface area contributed by atoms with Gasteiger partial charge in [-0.15, -0.1) is 11.3 Å². The Morgan fingerprint density at radius 3 is 2.25 bits per heavy atom. The second-order valence-electron chi connectivity index (χ2n) is 7.69. The number of ether oxygens (including phenoxy) is 3. The Bertz CT molecular complexity index is 1350. The molecule has 0 aliphatic carbocycles. The van der Waals surface area contributed by atoms with Gasteiger partial charge in [0.2, 0.25) is 5.91 Å². The summed E-state index contributed by atoms with van der Waals surface area (Å²) in [5.74, 6) is -0.149. The van der Waals surface area contributed by atoms with Crippen LogP contribution in [0.1, 0.15) is 31.8 Å². The molecule has 3 aromatic carbocycles. The maximum atomic E-state index is 12.8. The van der Waals surface area contributed by atoms with Crippen LogP contribution in [0.15, 0.2) is 90.3 Å². The second-order valence-corrected chi connectivity index (χ2v) is 8.57. The number of anilines is 1. The first-order chi connectivity index (χ1) is 17.5. The van der Waals surface area contributed by atoms with Crippen LogP contribution in [0.25, 0.3) is 0 Å². The zero-order valence-electron chi connectivity index (χ0n) is 19.4. The van der Waals surface area contributed by atoms with Gasteiger partial charge in [0, 0.05) is 10.9 Å². The lowest BCUT2D eigenvalue weighted by Gasteiger charge is -2.10. The molecule has 4 aromatic rings. The number of benzene rings is 3. The van der Waals surface area contributed by atoms with Gasteiger partial charge in [-0.1, -0.05) is 48.5 Å². The largest absolute Gasteiger partial charge is 0.465 e. The molecule has 0 radical (unpaired) electrons. The van der Waals surface area contributed by atoms with Crippen molar-refractivity contribution in [3.63, 3.8) is 0 Å². The van der Waals surface area contributed by atoms with Gasteiger partial charge in [-0.2, -0.15) is 0 Å². The predicted octanol–water partition coefficient (Wildman–Crippen LogP) is 5.87. The Labute approximate surface area is 212 Å². The van der Waals surface area contributed by atoms with Gasteiger partial charge in [0.05, 0.1) is 19.1 Å². The quantitative estimate of drug-likeness (QED) is 0.289. The number of carbonyl (C=O) groups is 3. The predicted molar refractivity (Wildman–Crippen MR) is 137 cm³/mol. The van der Waals surface area contributed by atoms with E-state index < -0.39 is 11.9 Å². The van der Waals surface area contributed by atoms with E-state index in [1.807, 2.05) is 48.5 Å². The third-order valence-electron chi connectivity index (χ3n) is 5.12. The molecular weight excluding hydrogens is 478 g/mol.